The van der Waals surface area contributed by atoms with Crippen LogP contribution >= 0.6 is 0 Å². The quantitative estimate of drug-likeness (QED) is 0.780. The molecule has 1 aliphatic heterocycles. The fourth-order valence-electron chi connectivity index (χ4n) is 2.71. The standard InChI is InChI=1S/C18H23N3O3/c19-13-16-9-6-12-21(16)17(22)10-4-5-11-20-18(23)24-14-15-7-2-1-3-8-15/h1-3,7-8,16H,4-6,9-12,14H2,(H,20,23). The Hall–Kier alpha value is -2.55. The van der Waals surface area contributed by atoms with E-state index in [9.17, 15) is 9.59 Å². The third kappa shape index (κ3) is 5.58. The van der Waals surface area contributed by atoms with Crippen LogP contribution in [0.3, 0.4) is 0 Å². The van der Waals surface area contributed by atoms with E-state index in [2.05, 4.69) is 11.4 Å². The molecule has 128 valence electrons. The highest BCUT2D eigenvalue weighted by Gasteiger charge is 2.27. The van der Waals surface area contributed by atoms with Crippen LogP contribution in [0.1, 0.15) is 37.7 Å². The number of nitrogens with zero attached hydrogens (tertiary/aromatic N) is 2. The number of carbonyl (C=O) groups is 2. The van der Waals surface area contributed by atoms with Crippen LogP contribution in [0.5, 0.6) is 0 Å². The van der Waals surface area contributed by atoms with E-state index in [1.807, 2.05) is 30.3 Å². The summed E-state index contributed by atoms with van der Waals surface area (Å²) in [7, 11) is 0. The summed E-state index contributed by atoms with van der Waals surface area (Å²) in [6.07, 6.45) is 3.03. The Kier molecular flexibility index (Phi) is 7.09. The summed E-state index contributed by atoms with van der Waals surface area (Å²) < 4.78 is 5.10. The number of amides is 2. The number of nitrogens with one attached hydrogen (secondary N) is 1. The molecule has 1 aromatic rings. The second kappa shape index (κ2) is 9.56. The lowest BCUT2D eigenvalue weighted by atomic mass is 10.2. The number of hydrogen-bond donors (Lipinski definition) is 1. The molecule has 2 amide bonds. The molecule has 0 radical (unpaired) electrons. The maximum atomic E-state index is 12.0. The van der Waals surface area contributed by atoms with Crippen LogP contribution in [-0.4, -0.2) is 36.0 Å². The van der Waals surface area contributed by atoms with Crippen LogP contribution in [0.25, 0.3) is 0 Å². The number of nitriles is 1. The van der Waals surface area contributed by atoms with Crippen molar-refractivity contribution in [1.82, 2.24) is 10.2 Å². The molecule has 0 aliphatic carbocycles. The van der Waals surface area contributed by atoms with Gasteiger partial charge in [0, 0.05) is 19.5 Å². The topological polar surface area (TPSA) is 82.4 Å². The summed E-state index contributed by atoms with van der Waals surface area (Å²) in [5.41, 5.74) is 0.941. The SMILES string of the molecule is N#CC1CCCN1C(=O)CCCCNC(=O)OCc1ccccc1. The summed E-state index contributed by atoms with van der Waals surface area (Å²) in [4.78, 5) is 25.3. The van der Waals surface area contributed by atoms with E-state index < -0.39 is 6.09 Å². The van der Waals surface area contributed by atoms with E-state index in [4.69, 9.17) is 10.00 Å². The number of benzene rings is 1. The van der Waals surface area contributed by atoms with Gasteiger partial charge in [0.15, 0.2) is 0 Å². The zero-order valence-corrected chi connectivity index (χ0v) is 13.7. The molecule has 24 heavy (non-hydrogen) atoms. The maximum absolute atomic E-state index is 12.0. The van der Waals surface area contributed by atoms with Crippen LogP contribution < -0.4 is 5.32 Å². The van der Waals surface area contributed by atoms with Crippen LogP contribution in [0, 0.1) is 11.3 Å². The van der Waals surface area contributed by atoms with Crippen molar-refractivity contribution in [2.24, 2.45) is 0 Å². The fraction of sp³-hybridized carbons (Fsp3) is 0.500. The lowest BCUT2D eigenvalue weighted by molar-refractivity contribution is -0.131. The second-order valence-electron chi connectivity index (χ2n) is 5.82. The average Bonchev–Trinajstić information content (AvgIpc) is 3.09. The minimum absolute atomic E-state index is 0.0331. The monoisotopic (exact) mass is 329 g/mol. The maximum Gasteiger partial charge on any atom is 0.407 e. The summed E-state index contributed by atoms with van der Waals surface area (Å²) in [6, 6.07) is 11.4. The predicted octanol–water partition coefficient (Wildman–Crippen LogP) is 2.60. The van der Waals surface area contributed by atoms with Crippen LogP contribution in [-0.2, 0) is 16.1 Å². The van der Waals surface area contributed by atoms with Crippen molar-refractivity contribution < 1.29 is 14.3 Å². The Bertz CT molecular complexity index is 583. The number of carbonyl (C=O) groups excluding carboxylic acids is 2. The van der Waals surface area contributed by atoms with Gasteiger partial charge in [0.05, 0.1) is 6.07 Å². The predicted molar refractivity (Wildman–Crippen MR) is 88.8 cm³/mol. The molecule has 1 aliphatic rings. The molecular formula is C18H23N3O3. The van der Waals surface area contributed by atoms with Gasteiger partial charge in [0.1, 0.15) is 12.6 Å². The van der Waals surface area contributed by atoms with E-state index in [0.29, 0.717) is 32.4 Å². The molecule has 0 bridgehead atoms. The molecule has 0 aromatic heterocycles. The summed E-state index contributed by atoms with van der Waals surface area (Å²) in [6.45, 7) is 1.40. The first-order valence-electron chi connectivity index (χ1n) is 8.34. The second-order valence-corrected chi connectivity index (χ2v) is 5.82. The van der Waals surface area contributed by atoms with E-state index in [0.717, 1.165) is 18.4 Å². The highest BCUT2D eigenvalue weighted by atomic mass is 16.5. The average molecular weight is 329 g/mol. The van der Waals surface area contributed by atoms with Gasteiger partial charge in [0.25, 0.3) is 0 Å². The van der Waals surface area contributed by atoms with Gasteiger partial charge in [-0.05, 0) is 31.2 Å². The van der Waals surface area contributed by atoms with Gasteiger partial charge < -0.3 is 15.0 Å². The molecule has 1 N–H and O–H groups in total. The first-order chi connectivity index (χ1) is 11.7. The largest absolute Gasteiger partial charge is 0.445 e. The lowest BCUT2D eigenvalue weighted by Gasteiger charge is -2.19. The minimum Gasteiger partial charge on any atom is -0.445 e. The number of ether oxygens (including phenoxy) is 1. The lowest BCUT2D eigenvalue weighted by Crippen LogP contribution is -2.34. The minimum atomic E-state index is -0.450. The normalized spacial score (nSPS) is 16.5. The molecule has 1 heterocycles. The van der Waals surface area contributed by atoms with Gasteiger partial charge in [-0.3, -0.25) is 4.79 Å². The molecular weight excluding hydrogens is 306 g/mol. The summed E-state index contributed by atoms with van der Waals surface area (Å²) in [5.74, 6) is 0.0331. The van der Waals surface area contributed by atoms with Crippen molar-refractivity contribution in [3.05, 3.63) is 35.9 Å². The molecule has 0 spiro atoms. The zero-order chi connectivity index (χ0) is 17.2. The third-order valence-corrected chi connectivity index (χ3v) is 4.02. The van der Waals surface area contributed by atoms with E-state index >= 15 is 0 Å². The van der Waals surface area contributed by atoms with Crippen LogP contribution in [0.15, 0.2) is 30.3 Å². The number of rotatable bonds is 7. The highest BCUT2D eigenvalue weighted by Crippen LogP contribution is 2.18. The van der Waals surface area contributed by atoms with Gasteiger partial charge in [0.2, 0.25) is 5.91 Å². The Labute approximate surface area is 142 Å². The first kappa shape index (κ1) is 17.8. The van der Waals surface area contributed by atoms with Gasteiger partial charge in [-0.2, -0.15) is 5.26 Å². The fourth-order valence-corrected chi connectivity index (χ4v) is 2.71. The van der Waals surface area contributed by atoms with E-state index in [1.165, 1.54) is 0 Å². The van der Waals surface area contributed by atoms with Crippen LogP contribution in [0.4, 0.5) is 4.79 Å². The Balaban J connectivity index is 1.54. The molecule has 1 unspecified atom stereocenters. The van der Waals surface area contributed by atoms with Gasteiger partial charge >= 0.3 is 6.09 Å². The smallest absolute Gasteiger partial charge is 0.407 e. The van der Waals surface area contributed by atoms with Crippen molar-refractivity contribution in [2.75, 3.05) is 13.1 Å². The third-order valence-electron chi connectivity index (χ3n) is 4.02. The molecule has 0 saturated carbocycles. The Morgan fingerprint density at radius 1 is 1.29 bits per heavy atom. The number of unbranched alkanes of at least 4 members (excludes halogenated alkanes) is 1. The van der Waals surface area contributed by atoms with E-state index in [1.54, 1.807) is 4.90 Å². The first-order valence-corrected chi connectivity index (χ1v) is 8.34. The van der Waals surface area contributed by atoms with Gasteiger partial charge in [-0.15, -0.1) is 0 Å². The van der Waals surface area contributed by atoms with E-state index in [-0.39, 0.29) is 18.6 Å². The number of hydrogen-bond acceptors (Lipinski definition) is 4. The summed E-state index contributed by atoms with van der Waals surface area (Å²) >= 11 is 0. The molecule has 1 saturated heterocycles. The highest BCUT2D eigenvalue weighted by molar-refractivity contribution is 5.77. The molecule has 1 fully saturated rings. The van der Waals surface area contributed by atoms with Crippen molar-refractivity contribution in [3.8, 4) is 6.07 Å². The van der Waals surface area contributed by atoms with Gasteiger partial charge in [-0.25, -0.2) is 4.79 Å². The molecule has 1 atom stereocenters. The van der Waals surface area contributed by atoms with Gasteiger partial charge in [-0.1, -0.05) is 30.3 Å². The van der Waals surface area contributed by atoms with Crippen molar-refractivity contribution in [3.63, 3.8) is 0 Å². The summed E-state index contributed by atoms with van der Waals surface area (Å²) in [5, 5.41) is 11.7. The van der Waals surface area contributed by atoms with Crippen LogP contribution in [0.2, 0.25) is 0 Å². The zero-order valence-electron chi connectivity index (χ0n) is 13.7. The van der Waals surface area contributed by atoms with Crippen molar-refractivity contribution in [1.29, 1.82) is 5.26 Å². The Morgan fingerprint density at radius 3 is 2.83 bits per heavy atom. The molecule has 6 nitrogen and oxygen atoms in total. The molecule has 2 rings (SSSR count). The molecule has 6 heteroatoms. The van der Waals surface area contributed by atoms with Crippen molar-refractivity contribution in [2.45, 2.75) is 44.8 Å². The number of alkyl carbamates (subject to hydrolysis) is 1. The molecule has 1 aromatic carbocycles. The Morgan fingerprint density at radius 2 is 2.08 bits per heavy atom. The number of likely N-dealkylation sites (tertiary alicyclic amines) is 1. The van der Waals surface area contributed by atoms with Crippen molar-refractivity contribution >= 4 is 12.0 Å².